The second-order valence-electron chi connectivity index (χ2n) is 6.03. The molecule has 0 radical (unpaired) electrons. The first kappa shape index (κ1) is 22.9. The van der Waals surface area contributed by atoms with E-state index in [1.807, 2.05) is 42.7 Å². The van der Waals surface area contributed by atoms with Gasteiger partial charge >= 0.3 is 5.97 Å². The van der Waals surface area contributed by atoms with Gasteiger partial charge in [-0.3, -0.25) is 4.79 Å². The molecule has 2 rings (SSSR count). The van der Waals surface area contributed by atoms with Crippen LogP contribution < -0.4 is 14.8 Å². The number of thioether (sulfide) groups is 1. The number of benzene rings is 2. The van der Waals surface area contributed by atoms with Crippen LogP contribution in [0.4, 0.5) is 0 Å². The van der Waals surface area contributed by atoms with Crippen molar-refractivity contribution in [3.63, 3.8) is 0 Å². The molecule has 0 aromatic heterocycles. The lowest BCUT2D eigenvalue weighted by Gasteiger charge is -2.19. The molecule has 0 bridgehead atoms. The average Bonchev–Trinajstić information content (AvgIpc) is 2.68. The van der Waals surface area contributed by atoms with Gasteiger partial charge in [-0.05, 0) is 48.3 Å². The minimum absolute atomic E-state index is 0.332. The van der Waals surface area contributed by atoms with E-state index in [9.17, 15) is 9.90 Å². The summed E-state index contributed by atoms with van der Waals surface area (Å²) in [7, 11) is 1.58. The van der Waals surface area contributed by atoms with Crippen molar-refractivity contribution in [1.82, 2.24) is 5.32 Å². The first-order valence-corrected chi connectivity index (χ1v) is 11.2. The van der Waals surface area contributed by atoms with Crippen molar-refractivity contribution < 1.29 is 19.4 Å². The summed E-state index contributed by atoms with van der Waals surface area (Å²) in [5.74, 6) is 1.07. The molecule has 2 N–H and O–H groups in total. The molecular weight excluding hydrogens is 466 g/mol. The quantitative estimate of drug-likeness (QED) is 0.465. The average molecular weight is 489 g/mol. The highest BCUT2D eigenvalue weighted by molar-refractivity contribution is 9.10. The fourth-order valence-corrected chi connectivity index (χ4v) is 3.63. The van der Waals surface area contributed by atoms with Gasteiger partial charge < -0.3 is 19.9 Å². The number of hydrogen-bond acceptors (Lipinski definition) is 5. The van der Waals surface area contributed by atoms with Gasteiger partial charge in [-0.15, -0.1) is 0 Å². The Hall–Kier alpha value is -1.41. The van der Waals surface area contributed by atoms with Gasteiger partial charge in [-0.25, -0.2) is 0 Å². The van der Waals surface area contributed by atoms with Crippen LogP contribution in [-0.2, 0) is 17.9 Å². The number of ether oxygens (including phenoxy) is 2. The summed E-state index contributed by atoms with van der Waals surface area (Å²) in [5, 5.41) is 13.2. The Morgan fingerprint density at radius 1 is 1.29 bits per heavy atom. The van der Waals surface area contributed by atoms with Crippen molar-refractivity contribution in [2.75, 3.05) is 19.1 Å². The van der Waals surface area contributed by atoms with Gasteiger partial charge in [0.05, 0.1) is 7.11 Å². The van der Waals surface area contributed by atoms with Gasteiger partial charge in [-0.2, -0.15) is 11.8 Å². The molecule has 28 heavy (non-hydrogen) atoms. The van der Waals surface area contributed by atoms with Gasteiger partial charge in [0.1, 0.15) is 12.6 Å². The van der Waals surface area contributed by atoms with E-state index in [2.05, 4.69) is 21.2 Å². The molecule has 0 heterocycles. The van der Waals surface area contributed by atoms with Crippen LogP contribution in [0.15, 0.2) is 40.9 Å². The smallest absolute Gasteiger partial charge is 0.320 e. The summed E-state index contributed by atoms with van der Waals surface area (Å²) in [6, 6.07) is 10.5. The van der Waals surface area contributed by atoms with E-state index in [0.717, 1.165) is 21.4 Å². The van der Waals surface area contributed by atoms with E-state index in [1.165, 1.54) is 0 Å². The number of halogens is 2. The third kappa shape index (κ3) is 6.58. The van der Waals surface area contributed by atoms with E-state index in [0.29, 0.717) is 36.1 Å². The number of aliphatic carboxylic acids is 1. The highest BCUT2D eigenvalue weighted by Gasteiger charge is 2.20. The Bertz CT molecular complexity index is 789. The van der Waals surface area contributed by atoms with E-state index in [4.69, 9.17) is 21.1 Å². The number of nitrogens with one attached hydrogen (secondary N) is 1. The zero-order chi connectivity index (χ0) is 20.5. The van der Waals surface area contributed by atoms with Crippen molar-refractivity contribution >= 4 is 45.3 Å². The van der Waals surface area contributed by atoms with E-state index >= 15 is 0 Å². The summed E-state index contributed by atoms with van der Waals surface area (Å²) in [6.45, 7) is 0.672. The number of hydrogen-bond donors (Lipinski definition) is 2. The number of rotatable bonds is 11. The standard InChI is InChI=1S/C20H23BrClNO4S/c1-26-18-8-7-16(21)15(11-23-17(20(24)25)9-10-28-2)19(18)27-12-13-3-5-14(22)6-4-13/h3-8,17,23H,9-12H2,1-2H3,(H,24,25). The SMILES string of the molecule is COc1ccc(Br)c(CNC(CCSC)C(=O)O)c1OCc1ccc(Cl)cc1. The van der Waals surface area contributed by atoms with Crippen LogP contribution in [0.2, 0.25) is 5.02 Å². The Kier molecular flexibility index (Phi) is 9.44. The molecule has 8 heteroatoms. The molecule has 5 nitrogen and oxygen atoms in total. The molecule has 0 saturated heterocycles. The molecule has 1 unspecified atom stereocenters. The van der Waals surface area contributed by atoms with Gasteiger partial charge in [-0.1, -0.05) is 39.7 Å². The molecule has 152 valence electrons. The first-order chi connectivity index (χ1) is 13.5. The Morgan fingerprint density at radius 3 is 2.61 bits per heavy atom. The first-order valence-electron chi connectivity index (χ1n) is 8.64. The van der Waals surface area contributed by atoms with Crippen molar-refractivity contribution in [2.24, 2.45) is 0 Å². The van der Waals surface area contributed by atoms with E-state index in [-0.39, 0.29) is 0 Å². The largest absolute Gasteiger partial charge is 0.493 e. The predicted molar refractivity (Wildman–Crippen MR) is 118 cm³/mol. The van der Waals surface area contributed by atoms with Gasteiger partial charge in [0.15, 0.2) is 11.5 Å². The van der Waals surface area contributed by atoms with Crippen LogP contribution >= 0.6 is 39.3 Å². The maximum Gasteiger partial charge on any atom is 0.320 e. The summed E-state index contributed by atoms with van der Waals surface area (Å²) >= 11 is 11.1. The molecule has 2 aromatic rings. The number of carboxylic acid groups (broad SMARTS) is 1. The number of carboxylic acids is 1. The van der Waals surface area contributed by atoms with Crippen LogP contribution in [-0.4, -0.2) is 36.2 Å². The number of carbonyl (C=O) groups is 1. The van der Waals surface area contributed by atoms with Crippen LogP contribution in [0, 0.1) is 0 Å². The summed E-state index contributed by atoms with van der Waals surface area (Å²) in [5.41, 5.74) is 1.78. The molecule has 0 aliphatic rings. The maximum absolute atomic E-state index is 11.5. The summed E-state index contributed by atoms with van der Waals surface area (Å²) < 4.78 is 12.3. The molecular formula is C20H23BrClNO4S. The molecule has 0 aliphatic heterocycles. The second kappa shape index (κ2) is 11.6. The van der Waals surface area contributed by atoms with Gasteiger partial charge in [0.25, 0.3) is 0 Å². The second-order valence-corrected chi connectivity index (χ2v) is 8.30. The highest BCUT2D eigenvalue weighted by Crippen LogP contribution is 2.37. The van der Waals surface area contributed by atoms with Crippen molar-refractivity contribution in [2.45, 2.75) is 25.6 Å². The normalized spacial score (nSPS) is 11.9. The third-order valence-electron chi connectivity index (χ3n) is 4.12. The Morgan fingerprint density at radius 2 is 2.00 bits per heavy atom. The molecule has 0 spiro atoms. The molecule has 1 atom stereocenters. The highest BCUT2D eigenvalue weighted by atomic mass is 79.9. The Balaban J connectivity index is 2.19. The molecule has 2 aromatic carbocycles. The van der Waals surface area contributed by atoms with E-state index in [1.54, 1.807) is 18.9 Å². The van der Waals surface area contributed by atoms with E-state index < -0.39 is 12.0 Å². The fourth-order valence-electron chi connectivity index (χ4n) is 2.58. The zero-order valence-electron chi connectivity index (χ0n) is 15.7. The lowest BCUT2D eigenvalue weighted by atomic mass is 10.1. The minimum Gasteiger partial charge on any atom is -0.493 e. The third-order valence-corrected chi connectivity index (χ3v) is 5.76. The molecule has 0 saturated carbocycles. The van der Waals surface area contributed by atoms with Gasteiger partial charge in [0, 0.05) is 21.6 Å². The van der Waals surface area contributed by atoms with Crippen LogP contribution in [0.5, 0.6) is 11.5 Å². The fraction of sp³-hybridized carbons (Fsp3) is 0.350. The minimum atomic E-state index is -0.864. The van der Waals surface area contributed by atoms with Crippen molar-refractivity contribution in [3.8, 4) is 11.5 Å². The monoisotopic (exact) mass is 487 g/mol. The van der Waals surface area contributed by atoms with Crippen LogP contribution in [0.1, 0.15) is 17.5 Å². The predicted octanol–water partition coefficient (Wildman–Crippen LogP) is 4.99. The maximum atomic E-state index is 11.5. The number of methoxy groups -OCH3 is 1. The molecule has 0 aliphatic carbocycles. The summed E-state index contributed by atoms with van der Waals surface area (Å²) in [6.07, 6.45) is 2.50. The van der Waals surface area contributed by atoms with Gasteiger partial charge in [0.2, 0.25) is 0 Å². The van der Waals surface area contributed by atoms with Crippen molar-refractivity contribution in [3.05, 3.63) is 57.0 Å². The molecule has 0 fully saturated rings. The van der Waals surface area contributed by atoms with Crippen LogP contribution in [0.25, 0.3) is 0 Å². The Labute approximate surface area is 182 Å². The van der Waals surface area contributed by atoms with Crippen LogP contribution in [0.3, 0.4) is 0 Å². The lowest BCUT2D eigenvalue weighted by molar-refractivity contribution is -0.139. The molecule has 0 amide bonds. The van der Waals surface area contributed by atoms with Crippen molar-refractivity contribution in [1.29, 1.82) is 0 Å². The lowest BCUT2D eigenvalue weighted by Crippen LogP contribution is -2.36. The summed E-state index contributed by atoms with van der Waals surface area (Å²) in [4.78, 5) is 11.5. The zero-order valence-corrected chi connectivity index (χ0v) is 18.9. The topological polar surface area (TPSA) is 67.8 Å².